The molecular formula is C7H7NS. The molecule has 1 aromatic rings. The van der Waals surface area contributed by atoms with E-state index in [1.807, 2.05) is 23.7 Å². The van der Waals surface area contributed by atoms with Crippen LogP contribution in [0.4, 0.5) is 0 Å². The van der Waals surface area contributed by atoms with Crippen LogP contribution >= 0.6 is 11.7 Å². The Morgan fingerprint density at radius 2 is 2.67 bits per heavy atom. The molecule has 1 atom stereocenters. The Morgan fingerprint density at radius 1 is 1.67 bits per heavy atom. The van der Waals surface area contributed by atoms with Crippen LogP contribution in [0.5, 0.6) is 0 Å². The van der Waals surface area contributed by atoms with Crippen LogP contribution < -0.4 is 0 Å². The molecule has 2 rings (SSSR count). The van der Waals surface area contributed by atoms with Crippen molar-refractivity contribution in [3.05, 3.63) is 29.4 Å². The highest BCUT2D eigenvalue weighted by atomic mass is 32.2. The van der Waals surface area contributed by atoms with E-state index in [0.29, 0.717) is 0 Å². The van der Waals surface area contributed by atoms with Crippen molar-refractivity contribution in [2.45, 2.75) is 4.90 Å². The molecule has 0 saturated carbocycles. The Hall–Kier alpha value is -0.760. The average molecular weight is 138 g/mol. The van der Waals surface area contributed by atoms with Gasteiger partial charge in [0.15, 0.2) is 0 Å². The molecule has 9 heavy (non-hydrogen) atoms. The Bertz CT molecular complexity index is 285. The Balaban J connectivity index is 2.59. The minimum absolute atomic E-state index is 0.751. The molecule has 1 unspecified atom stereocenters. The molecule has 46 valence electrons. The maximum absolute atomic E-state index is 7.56. The van der Waals surface area contributed by atoms with Gasteiger partial charge in [-0.3, -0.25) is 4.98 Å². The van der Waals surface area contributed by atoms with Crippen LogP contribution in [-0.4, -0.2) is 6.11 Å². The van der Waals surface area contributed by atoms with E-state index in [-0.39, 0.29) is 0 Å². The topological polar surface area (TPSA) is 12.9 Å². The van der Waals surface area contributed by atoms with Crippen LogP contribution in [0.15, 0.2) is 28.8 Å². The van der Waals surface area contributed by atoms with Crippen molar-refractivity contribution in [1.82, 2.24) is 4.98 Å². The molecule has 1 aliphatic rings. The highest BCUT2D eigenvalue weighted by Gasteiger charge is 1.99. The maximum Gasteiger partial charge on any atom is 0.0883 e. The molecule has 0 N–H and O–H groups in total. The van der Waals surface area contributed by atoms with Gasteiger partial charge in [0.25, 0.3) is 0 Å². The van der Waals surface area contributed by atoms with Crippen LogP contribution in [-0.2, 0) is 0 Å². The van der Waals surface area contributed by atoms with E-state index in [2.05, 4.69) is 4.98 Å². The molecule has 0 aliphatic carbocycles. The summed E-state index contributed by atoms with van der Waals surface area (Å²) in [5.74, 6) is 0. The van der Waals surface area contributed by atoms with Crippen LogP contribution in [0.25, 0.3) is 6.08 Å². The second kappa shape index (κ2) is 1.88. The number of pyridine rings is 1. The zero-order valence-corrected chi connectivity index (χ0v) is 5.68. The monoisotopic (exact) mass is 138 g/mol. The number of fused-ring (bicyclic) bond motifs is 1. The minimum atomic E-state index is -0.751. The molecule has 2 heterocycles. The maximum atomic E-state index is 7.56. The van der Waals surface area contributed by atoms with Gasteiger partial charge < -0.3 is 0 Å². The van der Waals surface area contributed by atoms with E-state index in [1.165, 1.54) is 0 Å². The summed E-state index contributed by atoms with van der Waals surface area (Å²) in [6, 6.07) is 1.92. The van der Waals surface area contributed by atoms with Gasteiger partial charge in [0.1, 0.15) is 0 Å². The number of aromatic nitrogens is 1. The Labute approximate surface area is 58.9 Å². The summed E-state index contributed by atoms with van der Waals surface area (Å²) in [7, 11) is 0. The molecule has 0 bridgehead atoms. The number of nitrogens with zero attached hydrogens (tertiary/aromatic N) is 1. The molecule has 2 heteroatoms. The first-order valence-electron chi connectivity index (χ1n) is 3.23. The Morgan fingerprint density at radius 3 is 3.56 bits per heavy atom. The first-order chi connectivity index (χ1) is 4.88. The summed E-state index contributed by atoms with van der Waals surface area (Å²) in [6.45, 7) is 0. The lowest BCUT2D eigenvalue weighted by molar-refractivity contribution is 1.25. The quantitative estimate of drug-likeness (QED) is 0.531. The van der Waals surface area contributed by atoms with E-state index in [9.17, 15) is 0 Å². The fraction of sp³-hybridized carbons (Fsp3) is 0. The van der Waals surface area contributed by atoms with Crippen molar-refractivity contribution < 1.29 is 0 Å². The molecule has 1 aromatic heterocycles. The van der Waals surface area contributed by atoms with Crippen LogP contribution in [0.1, 0.15) is 5.56 Å². The van der Waals surface area contributed by atoms with E-state index in [4.69, 9.17) is 1.12 Å². The van der Waals surface area contributed by atoms with Crippen molar-refractivity contribution in [3.8, 4) is 0 Å². The fourth-order valence-electron chi connectivity index (χ4n) is 0.843. The third-order valence-corrected chi connectivity index (χ3v) is 2.28. The van der Waals surface area contributed by atoms with Gasteiger partial charge >= 0.3 is 0 Å². The normalized spacial score (nSPS) is 27.6. The largest absolute Gasteiger partial charge is 0.264 e. The van der Waals surface area contributed by atoms with Gasteiger partial charge in [0.2, 0.25) is 0 Å². The smallest absolute Gasteiger partial charge is 0.0883 e. The van der Waals surface area contributed by atoms with E-state index in [0.717, 1.165) is 10.5 Å². The lowest BCUT2D eigenvalue weighted by atomic mass is 10.3. The van der Waals surface area contributed by atoms with Gasteiger partial charge in [-0.05, 0) is 22.4 Å². The van der Waals surface area contributed by atoms with Gasteiger partial charge in [0.05, 0.1) is 1.12 Å². The molecule has 1 nitrogen and oxygen atoms in total. The Kier molecular flexibility index (Phi) is 0.861. The summed E-state index contributed by atoms with van der Waals surface area (Å²) in [4.78, 5) is 5.10. The predicted molar refractivity (Wildman–Crippen MR) is 41.9 cm³/mol. The van der Waals surface area contributed by atoms with Crippen molar-refractivity contribution in [3.63, 3.8) is 0 Å². The third-order valence-electron chi connectivity index (χ3n) is 1.30. The summed E-state index contributed by atoms with van der Waals surface area (Å²) < 4.78 is 7.56. The summed E-state index contributed by atoms with van der Waals surface area (Å²) in [6.07, 6.45) is 5.53. The molecule has 0 fully saturated rings. The van der Waals surface area contributed by atoms with Gasteiger partial charge in [0, 0.05) is 18.0 Å². The van der Waals surface area contributed by atoms with E-state index >= 15 is 0 Å². The SMILES string of the molecule is [2H][SH]1C=Cc2cnccc21. The molecule has 0 radical (unpaired) electrons. The zero-order chi connectivity index (χ0) is 6.97. The molecule has 0 amide bonds. The second-order valence-electron chi connectivity index (χ2n) is 1.88. The fourth-order valence-corrected chi connectivity index (χ4v) is 1.67. The summed E-state index contributed by atoms with van der Waals surface area (Å²) >= 11 is -0.751. The average Bonchev–Trinajstić information content (AvgIpc) is 2.34. The van der Waals surface area contributed by atoms with Gasteiger partial charge in [-0.15, -0.1) is 0 Å². The van der Waals surface area contributed by atoms with E-state index in [1.54, 1.807) is 6.20 Å². The first kappa shape index (κ1) is 4.12. The van der Waals surface area contributed by atoms with Gasteiger partial charge in [-0.25, -0.2) is 11.7 Å². The molecule has 0 spiro atoms. The highest BCUT2D eigenvalue weighted by molar-refractivity contribution is 8.02. The standard InChI is InChI=1S/C7H7NS/c1-3-8-5-6-2-4-9-7(1)6/h1-5H,9H2/i9D. The van der Waals surface area contributed by atoms with Crippen LogP contribution in [0.2, 0.25) is 0 Å². The van der Waals surface area contributed by atoms with Gasteiger partial charge in [-0.2, -0.15) is 0 Å². The predicted octanol–water partition coefficient (Wildman–Crippen LogP) is 1.62. The molecule has 0 saturated heterocycles. The zero-order valence-electron chi connectivity index (χ0n) is 5.78. The molecule has 1 aliphatic heterocycles. The first-order valence-corrected chi connectivity index (χ1v) is 3.74. The highest BCUT2D eigenvalue weighted by Crippen LogP contribution is 2.30. The minimum Gasteiger partial charge on any atom is -0.264 e. The molecular weight excluding hydrogens is 130 g/mol. The number of hydrogen-bond acceptors (Lipinski definition) is 1. The van der Waals surface area contributed by atoms with Gasteiger partial charge in [-0.1, -0.05) is 0 Å². The van der Waals surface area contributed by atoms with Crippen LogP contribution in [0.3, 0.4) is 0 Å². The third kappa shape index (κ3) is 0.754. The van der Waals surface area contributed by atoms with Crippen molar-refractivity contribution >= 4 is 17.7 Å². The van der Waals surface area contributed by atoms with E-state index < -0.39 is 11.7 Å². The lowest BCUT2D eigenvalue weighted by Gasteiger charge is -1.93. The molecule has 0 aromatic carbocycles. The lowest BCUT2D eigenvalue weighted by Crippen LogP contribution is -1.74. The second-order valence-corrected chi connectivity index (χ2v) is 2.92. The van der Waals surface area contributed by atoms with Crippen molar-refractivity contribution in [2.24, 2.45) is 0 Å². The van der Waals surface area contributed by atoms with Crippen molar-refractivity contribution in [1.29, 1.82) is 1.12 Å². The van der Waals surface area contributed by atoms with Crippen LogP contribution in [0, 0.1) is 0 Å². The summed E-state index contributed by atoms with van der Waals surface area (Å²) in [5.41, 5.74) is 1.11. The number of hydrogen-bond donors (Lipinski definition) is 0. The number of rotatable bonds is 0. The summed E-state index contributed by atoms with van der Waals surface area (Å²) in [5, 5.41) is 1.93. The van der Waals surface area contributed by atoms with Crippen molar-refractivity contribution in [2.75, 3.05) is 0 Å².